The molecule has 0 saturated heterocycles. The Hall–Kier alpha value is -8.67. The lowest BCUT2D eigenvalue weighted by Crippen LogP contribution is -1.96. The lowest BCUT2D eigenvalue weighted by Gasteiger charge is -2.14. The van der Waals surface area contributed by atoms with Crippen molar-refractivity contribution in [3.63, 3.8) is 0 Å². The molecule has 4 heterocycles. The number of pyridine rings is 1. The van der Waals surface area contributed by atoms with Gasteiger partial charge in [-0.2, -0.15) is 0 Å². The van der Waals surface area contributed by atoms with Crippen LogP contribution in [0.25, 0.3) is 133 Å². The Balaban J connectivity index is 1.02. The highest BCUT2D eigenvalue weighted by Gasteiger charge is 2.18. The van der Waals surface area contributed by atoms with Gasteiger partial charge in [0.25, 0.3) is 0 Å². The van der Waals surface area contributed by atoms with Crippen molar-refractivity contribution in [2.24, 2.45) is 0 Å². The minimum absolute atomic E-state index is 0.661. The highest BCUT2D eigenvalue weighted by molar-refractivity contribution is 6.17. The second-order valence-electron chi connectivity index (χ2n) is 16.4. The van der Waals surface area contributed by atoms with Gasteiger partial charge in [-0.05, 0) is 111 Å². The molecule has 5 heteroatoms. The van der Waals surface area contributed by atoms with E-state index in [0.29, 0.717) is 5.82 Å². The molecular weight excluding hydrogens is 783 g/mol. The lowest BCUT2D eigenvalue weighted by atomic mass is 9.93. The molecule has 64 heavy (non-hydrogen) atoms. The van der Waals surface area contributed by atoms with Gasteiger partial charge in [-0.15, -0.1) is 0 Å². The Labute approximate surface area is 367 Å². The molecule has 13 rings (SSSR count). The molecule has 0 radical (unpaired) electrons. The van der Waals surface area contributed by atoms with Crippen LogP contribution < -0.4 is 0 Å². The maximum atomic E-state index is 6.55. The van der Waals surface area contributed by atoms with Crippen molar-refractivity contribution >= 4 is 65.4 Å². The molecule has 4 aromatic heterocycles. The first kappa shape index (κ1) is 36.0. The highest BCUT2D eigenvalue weighted by Crippen LogP contribution is 2.41. The molecule has 0 aliphatic carbocycles. The van der Waals surface area contributed by atoms with Crippen LogP contribution in [0.3, 0.4) is 0 Å². The molecular formula is C59H35N3O2. The number of fused-ring (bicyclic) bond motifs is 10. The SMILES string of the molecule is c1ccc(-c2nc(-c3ccc(-c4cccnc4)cc3)cc(-c3cc(-c4ccc5oc6c7ccccc7ccc6c5c4)cc(-c4ccc5oc6c7ccccc7ccc6c5c4)c3)n2)cc1. The number of benzene rings is 9. The van der Waals surface area contributed by atoms with Crippen molar-refractivity contribution in [1.29, 1.82) is 0 Å². The van der Waals surface area contributed by atoms with Gasteiger partial charge in [-0.25, -0.2) is 9.97 Å². The Morgan fingerprint density at radius 1 is 0.297 bits per heavy atom. The maximum Gasteiger partial charge on any atom is 0.160 e. The van der Waals surface area contributed by atoms with Crippen LogP contribution in [-0.2, 0) is 0 Å². The van der Waals surface area contributed by atoms with Crippen molar-refractivity contribution in [2.75, 3.05) is 0 Å². The molecule has 0 saturated carbocycles. The van der Waals surface area contributed by atoms with Gasteiger partial charge in [0.05, 0.1) is 11.4 Å². The van der Waals surface area contributed by atoms with Crippen molar-refractivity contribution in [1.82, 2.24) is 15.0 Å². The minimum atomic E-state index is 0.661. The van der Waals surface area contributed by atoms with E-state index in [2.05, 4.69) is 181 Å². The summed E-state index contributed by atoms with van der Waals surface area (Å²) in [5, 5.41) is 8.88. The molecule has 0 fully saturated rings. The van der Waals surface area contributed by atoms with Crippen molar-refractivity contribution in [2.45, 2.75) is 0 Å². The topological polar surface area (TPSA) is 65.0 Å². The van der Waals surface area contributed by atoms with Gasteiger partial charge < -0.3 is 8.83 Å². The molecule has 0 amide bonds. The summed E-state index contributed by atoms with van der Waals surface area (Å²) in [6, 6.07) is 70.3. The van der Waals surface area contributed by atoms with Gasteiger partial charge >= 0.3 is 0 Å². The number of hydrogen-bond donors (Lipinski definition) is 0. The van der Waals surface area contributed by atoms with Crippen LogP contribution in [0.1, 0.15) is 0 Å². The lowest BCUT2D eigenvalue weighted by molar-refractivity contribution is 0.672. The molecule has 5 nitrogen and oxygen atoms in total. The predicted octanol–water partition coefficient (Wildman–Crippen LogP) is 16.0. The van der Waals surface area contributed by atoms with E-state index in [9.17, 15) is 0 Å². The molecule has 0 aliphatic heterocycles. The summed E-state index contributed by atoms with van der Waals surface area (Å²) in [7, 11) is 0. The molecule has 0 aliphatic rings. The van der Waals surface area contributed by atoms with Crippen LogP contribution in [0.4, 0.5) is 0 Å². The third kappa shape index (κ3) is 6.05. The molecule has 298 valence electrons. The van der Waals surface area contributed by atoms with Crippen molar-refractivity contribution in [3.05, 3.63) is 213 Å². The second-order valence-corrected chi connectivity index (χ2v) is 16.4. The smallest absolute Gasteiger partial charge is 0.160 e. The van der Waals surface area contributed by atoms with E-state index in [1.54, 1.807) is 6.20 Å². The summed E-state index contributed by atoms with van der Waals surface area (Å²) in [5.74, 6) is 0.661. The third-order valence-corrected chi connectivity index (χ3v) is 12.6. The van der Waals surface area contributed by atoms with Gasteiger partial charge in [0, 0.05) is 61.4 Å². The van der Waals surface area contributed by atoms with Crippen LogP contribution >= 0.6 is 0 Å². The number of nitrogens with zero attached hydrogens (tertiary/aromatic N) is 3. The Morgan fingerprint density at radius 2 is 0.812 bits per heavy atom. The molecule has 0 atom stereocenters. The van der Waals surface area contributed by atoms with Crippen molar-refractivity contribution < 1.29 is 8.83 Å². The largest absolute Gasteiger partial charge is 0.455 e. The zero-order valence-corrected chi connectivity index (χ0v) is 34.4. The first-order valence-corrected chi connectivity index (χ1v) is 21.5. The van der Waals surface area contributed by atoms with Crippen LogP contribution in [0.2, 0.25) is 0 Å². The fraction of sp³-hybridized carbons (Fsp3) is 0. The van der Waals surface area contributed by atoms with Gasteiger partial charge in [-0.3, -0.25) is 4.98 Å². The predicted molar refractivity (Wildman–Crippen MR) is 262 cm³/mol. The third-order valence-electron chi connectivity index (χ3n) is 12.6. The number of hydrogen-bond acceptors (Lipinski definition) is 5. The standard InChI is InChI=1S/C59H35N3O2/c1-2-11-40(12-3-1)59-61-53(39-18-16-36(17-19-39)43-13-8-28-60-35-43)34-54(62-59)46-30-44(41-22-26-55-51(32-41)49-24-20-37-9-4-6-14-47(37)57(49)63-55)29-45(31-46)42-23-27-56-52(33-42)50-25-21-38-10-5-7-15-48(38)58(50)64-56/h1-35H. The van der Waals surface area contributed by atoms with E-state index in [4.69, 9.17) is 18.8 Å². The zero-order chi connectivity index (χ0) is 42.1. The average molecular weight is 818 g/mol. The summed E-state index contributed by atoms with van der Waals surface area (Å²) < 4.78 is 13.1. The van der Waals surface area contributed by atoms with E-state index in [1.807, 2.05) is 30.5 Å². The van der Waals surface area contributed by atoms with Gasteiger partial charge in [0.15, 0.2) is 5.82 Å². The normalized spacial score (nSPS) is 11.8. The fourth-order valence-electron chi connectivity index (χ4n) is 9.30. The first-order valence-electron chi connectivity index (χ1n) is 21.5. The number of aromatic nitrogens is 3. The summed E-state index contributed by atoms with van der Waals surface area (Å²) in [4.78, 5) is 14.8. The van der Waals surface area contributed by atoms with Crippen molar-refractivity contribution in [3.8, 4) is 67.3 Å². The van der Waals surface area contributed by atoms with Gasteiger partial charge in [0.1, 0.15) is 22.3 Å². The van der Waals surface area contributed by atoms with Crippen LogP contribution in [0.5, 0.6) is 0 Å². The van der Waals surface area contributed by atoms with Crippen LogP contribution in [0, 0.1) is 0 Å². The summed E-state index contributed by atoms with van der Waals surface area (Å²) >= 11 is 0. The van der Waals surface area contributed by atoms with Crippen LogP contribution in [0.15, 0.2) is 221 Å². The molecule has 0 bridgehead atoms. The van der Waals surface area contributed by atoms with Crippen LogP contribution in [-0.4, -0.2) is 15.0 Å². The molecule has 0 N–H and O–H groups in total. The average Bonchev–Trinajstić information content (AvgIpc) is 3.95. The molecule has 13 aromatic rings. The van der Waals surface area contributed by atoms with E-state index < -0.39 is 0 Å². The minimum Gasteiger partial charge on any atom is -0.455 e. The molecule has 9 aromatic carbocycles. The van der Waals surface area contributed by atoms with E-state index in [1.165, 1.54) is 0 Å². The van der Waals surface area contributed by atoms with Gasteiger partial charge in [0.2, 0.25) is 0 Å². The maximum absolute atomic E-state index is 6.55. The van der Waals surface area contributed by atoms with E-state index >= 15 is 0 Å². The summed E-state index contributed by atoms with van der Waals surface area (Å²) in [5.41, 5.74) is 14.6. The highest BCUT2D eigenvalue weighted by atomic mass is 16.3. The Kier molecular flexibility index (Phi) is 8.15. The monoisotopic (exact) mass is 817 g/mol. The fourth-order valence-corrected chi connectivity index (χ4v) is 9.30. The van der Waals surface area contributed by atoms with E-state index in [0.717, 1.165) is 127 Å². The van der Waals surface area contributed by atoms with E-state index in [-0.39, 0.29) is 0 Å². The Bertz CT molecular complexity index is 3770. The summed E-state index contributed by atoms with van der Waals surface area (Å²) in [6.07, 6.45) is 3.68. The Morgan fingerprint density at radius 3 is 1.41 bits per heavy atom. The number of rotatable bonds is 6. The molecule has 0 unspecified atom stereocenters. The second kappa shape index (κ2) is 14.5. The first-order chi connectivity index (χ1) is 31.7. The zero-order valence-electron chi connectivity index (χ0n) is 34.4. The summed E-state index contributed by atoms with van der Waals surface area (Å²) in [6.45, 7) is 0. The number of furan rings is 2. The molecule has 0 spiro atoms. The quantitative estimate of drug-likeness (QED) is 0.167. The van der Waals surface area contributed by atoms with Gasteiger partial charge in [-0.1, -0.05) is 133 Å².